The molecule has 19 heavy (non-hydrogen) atoms. The van der Waals surface area contributed by atoms with Gasteiger partial charge in [0.25, 0.3) is 11.7 Å². The van der Waals surface area contributed by atoms with Crippen molar-refractivity contribution >= 4 is 17.4 Å². The van der Waals surface area contributed by atoms with Gasteiger partial charge in [0.05, 0.1) is 24.0 Å². The van der Waals surface area contributed by atoms with Crippen LogP contribution in [0.2, 0.25) is 0 Å². The lowest BCUT2D eigenvalue weighted by Crippen LogP contribution is -2.28. The maximum Gasteiger partial charge on any atom is 0.299 e. The first kappa shape index (κ1) is 11.5. The van der Waals surface area contributed by atoms with Crippen molar-refractivity contribution < 1.29 is 22.9 Å². The van der Waals surface area contributed by atoms with Gasteiger partial charge in [-0.2, -0.15) is 0 Å². The summed E-state index contributed by atoms with van der Waals surface area (Å²) in [4.78, 5) is 24.5. The average molecular weight is 264 g/mol. The van der Waals surface area contributed by atoms with Crippen molar-refractivity contribution in [2.24, 2.45) is 0 Å². The summed E-state index contributed by atoms with van der Waals surface area (Å²) in [6.45, 7) is -0.0668. The van der Waals surface area contributed by atoms with Gasteiger partial charge >= 0.3 is 0 Å². The van der Waals surface area contributed by atoms with Crippen LogP contribution in [-0.4, -0.2) is 16.8 Å². The highest BCUT2D eigenvalue weighted by Crippen LogP contribution is 2.32. The van der Waals surface area contributed by atoms with E-state index in [4.69, 9.17) is 4.52 Å². The van der Waals surface area contributed by atoms with Crippen LogP contribution in [0.3, 0.4) is 0 Å². The molecule has 0 fully saturated rings. The SMILES string of the molecule is O=C1C(=O)N(Cc2ccno2)c2cc(F)c(F)cc21. The zero-order valence-corrected chi connectivity index (χ0v) is 9.39. The van der Waals surface area contributed by atoms with Crippen molar-refractivity contribution in [2.75, 3.05) is 4.90 Å². The second kappa shape index (κ2) is 3.98. The molecule has 1 amide bonds. The summed E-state index contributed by atoms with van der Waals surface area (Å²) in [7, 11) is 0. The minimum absolute atomic E-state index is 0.0327. The Morgan fingerprint density at radius 1 is 1.21 bits per heavy atom. The topological polar surface area (TPSA) is 63.4 Å². The van der Waals surface area contributed by atoms with E-state index in [0.717, 1.165) is 17.0 Å². The third-order valence-electron chi connectivity index (χ3n) is 2.82. The van der Waals surface area contributed by atoms with Gasteiger partial charge in [-0.25, -0.2) is 8.78 Å². The zero-order chi connectivity index (χ0) is 13.6. The standard InChI is InChI=1S/C12H6F2N2O3/c13-8-3-7-10(4-9(8)14)16(12(18)11(7)17)5-6-1-2-15-19-6/h1-4H,5H2. The molecule has 0 N–H and O–H groups in total. The molecule has 2 heterocycles. The Balaban J connectivity index is 2.06. The molecule has 0 radical (unpaired) electrons. The Morgan fingerprint density at radius 3 is 2.63 bits per heavy atom. The Bertz CT molecular complexity index is 683. The zero-order valence-electron chi connectivity index (χ0n) is 9.39. The van der Waals surface area contributed by atoms with Crippen molar-refractivity contribution in [3.63, 3.8) is 0 Å². The Kier molecular flexibility index (Phi) is 2.41. The van der Waals surface area contributed by atoms with Crippen LogP contribution in [0.15, 0.2) is 28.9 Å². The fourth-order valence-corrected chi connectivity index (χ4v) is 1.93. The number of halogens is 2. The van der Waals surface area contributed by atoms with E-state index in [-0.39, 0.29) is 17.8 Å². The van der Waals surface area contributed by atoms with Gasteiger partial charge < -0.3 is 4.52 Å². The maximum absolute atomic E-state index is 13.2. The molecule has 0 aliphatic carbocycles. The summed E-state index contributed by atoms with van der Waals surface area (Å²) in [6.07, 6.45) is 1.38. The second-order valence-electron chi connectivity index (χ2n) is 3.98. The van der Waals surface area contributed by atoms with Gasteiger partial charge in [-0.15, -0.1) is 0 Å². The molecule has 96 valence electrons. The molecule has 0 saturated heterocycles. The number of carbonyl (C=O) groups excluding carboxylic acids is 2. The molecule has 1 aliphatic heterocycles. The summed E-state index contributed by atoms with van der Waals surface area (Å²) in [6, 6.07) is 3.06. The Morgan fingerprint density at radius 2 is 1.95 bits per heavy atom. The minimum atomic E-state index is -1.17. The van der Waals surface area contributed by atoms with Crippen molar-refractivity contribution in [2.45, 2.75) is 6.54 Å². The number of aromatic nitrogens is 1. The lowest BCUT2D eigenvalue weighted by Gasteiger charge is -2.14. The van der Waals surface area contributed by atoms with Crippen LogP contribution < -0.4 is 4.90 Å². The van der Waals surface area contributed by atoms with Crippen LogP contribution in [0.1, 0.15) is 16.1 Å². The van der Waals surface area contributed by atoms with Gasteiger partial charge in [0, 0.05) is 12.1 Å². The fraction of sp³-hybridized carbons (Fsp3) is 0.0833. The van der Waals surface area contributed by atoms with E-state index in [0.29, 0.717) is 5.76 Å². The third kappa shape index (κ3) is 1.70. The number of carbonyl (C=O) groups is 2. The third-order valence-corrected chi connectivity index (χ3v) is 2.82. The van der Waals surface area contributed by atoms with Gasteiger partial charge in [-0.05, 0) is 6.07 Å². The van der Waals surface area contributed by atoms with Crippen LogP contribution in [0.5, 0.6) is 0 Å². The van der Waals surface area contributed by atoms with Crippen molar-refractivity contribution in [3.8, 4) is 0 Å². The molecule has 0 bridgehead atoms. The van der Waals surface area contributed by atoms with Crippen LogP contribution in [0.25, 0.3) is 0 Å². The Labute approximate surface area is 105 Å². The number of anilines is 1. The van der Waals surface area contributed by atoms with E-state index >= 15 is 0 Å². The molecule has 7 heteroatoms. The molecule has 0 unspecified atom stereocenters. The van der Waals surface area contributed by atoms with E-state index in [2.05, 4.69) is 5.16 Å². The van der Waals surface area contributed by atoms with Gasteiger partial charge in [0.2, 0.25) is 0 Å². The van der Waals surface area contributed by atoms with E-state index in [1.54, 1.807) is 0 Å². The predicted molar refractivity (Wildman–Crippen MR) is 58.4 cm³/mol. The molecule has 2 aromatic rings. The first-order valence-corrected chi connectivity index (χ1v) is 5.32. The molecule has 3 rings (SSSR count). The molecule has 0 spiro atoms. The number of nitrogens with zero attached hydrogens (tertiary/aromatic N) is 2. The summed E-state index contributed by atoms with van der Waals surface area (Å²) >= 11 is 0. The molecular formula is C12H6F2N2O3. The lowest BCUT2D eigenvalue weighted by atomic mass is 10.1. The molecule has 1 aliphatic rings. The second-order valence-corrected chi connectivity index (χ2v) is 3.98. The number of benzene rings is 1. The van der Waals surface area contributed by atoms with E-state index in [1.165, 1.54) is 12.3 Å². The number of hydrogen-bond acceptors (Lipinski definition) is 4. The van der Waals surface area contributed by atoms with E-state index < -0.39 is 23.3 Å². The smallest absolute Gasteiger partial charge is 0.299 e. The highest BCUT2D eigenvalue weighted by atomic mass is 19.2. The quantitative estimate of drug-likeness (QED) is 0.774. The number of hydrogen-bond donors (Lipinski definition) is 0. The minimum Gasteiger partial charge on any atom is -0.359 e. The first-order valence-electron chi connectivity index (χ1n) is 5.32. The fourth-order valence-electron chi connectivity index (χ4n) is 1.93. The number of Topliss-reactive ketones (excluding diaryl/α,β-unsaturated/α-hetero) is 1. The summed E-state index contributed by atoms with van der Waals surface area (Å²) in [5.41, 5.74) is -0.117. The number of ketones is 1. The van der Waals surface area contributed by atoms with Gasteiger partial charge in [0.15, 0.2) is 17.4 Å². The normalized spacial score (nSPS) is 14.1. The number of fused-ring (bicyclic) bond motifs is 1. The highest BCUT2D eigenvalue weighted by Gasteiger charge is 2.37. The van der Waals surface area contributed by atoms with Crippen LogP contribution in [0, 0.1) is 11.6 Å². The molecule has 5 nitrogen and oxygen atoms in total. The molecule has 0 saturated carbocycles. The van der Waals surface area contributed by atoms with Gasteiger partial charge in [0.1, 0.15) is 0 Å². The van der Waals surface area contributed by atoms with Crippen LogP contribution in [-0.2, 0) is 11.3 Å². The summed E-state index contributed by atoms with van der Waals surface area (Å²) < 4.78 is 31.1. The summed E-state index contributed by atoms with van der Waals surface area (Å²) in [5.74, 6) is -3.67. The van der Waals surface area contributed by atoms with Crippen molar-refractivity contribution in [1.29, 1.82) is 0 Å². The molecular weight excluding hydrogens is 258 g/mol. The number of amides is 1. The maximum atomic E-state index is 13.2. The molecule has 0 atom stereocenters. The monoisotopic (exact) mass is 264 g/mol. The van der Waals surface area contributed by atoms with Gasteiger partial charge in [-0.3, -0.25) is 14.5 Å². The van der Waals surface area contributed by atoms with Crippen LogP contribution >= 0.6 is 0 Å². The lowest BCUT2D eigenvalue weighted by molar-refractivity contribution is -0.114. The predicted octanol–water partition coefficient (Wildman–Crippen LogP) is 1.68. The van der Waals surface area contributed by atoms with Crippen molar-refractivity contribution in [1.82, 2.24) is 5.16 Å². The molecule has 1 aromatic carbocycles. The van der Waals surface area contributed by atoms with E-state index in [1.807, 2.05) is 0 Å². The highest BCUT2D eigenvalue weighted by molar-refractivity contribution is 6.52. The van der Waals surface area contributed by atoms with Crippen LogP contribution in [0.4, 0.5) is 14.5 Å². The van der Waals surface area contributed by atoms with Crippen molar-refractivity contribution in [3.05, 3.63) is 47.4 Å². The van der Waals surface area contributed by atoms with E-state index in [9.17, 15) is 18.4 Å². The Hall–Kier alpha value is -2.57. The summed E-state index contributed by atoms with van der Waals surface area (Å²) in [5, 5.41) is 3.46. The molecule has 1 aromatic heterocycles. The van der Waals surface area contributed by atoms with Gasteiger partial charge in [-0.1, -0.05) is 5.16 Å². The first-order chi connectivity index (χ1) is 9.08. The average Bonchev–Trinajstić information content (AvgIpc) is 2.96. The largest absolute Gasteiger partial charge is 0.359 e. The number of rotatable bonds is 2.